The molecule has 2 heterocycles. The summed E-state index contributed by atoms with van der Waals surface area (Å²) >= 11 is 6.17. The van der Waals surface area contributed by atoms with Crippen molar-refractivity contribution in [1.29, 1.82) is 0 Å². The molecule has 1 aliphatic heterocycles. The van der Waals surface area contributed by atoms with Gasteiger partial charge in [0.1, 0.15) is 11.5 Å². The summed E-state index contributed by atoms with van der Waals surface area (Å²) in [5.74, 6) is 1.25. The summed E-state index contributed by atoms with van der Waals surface area (Å²) in [6, 6.07) is 9.49. The highest BCUT2D eigenvalue weighted by Gasteiger charge is 2.32. The molecule has 0 N–H and O–H groups in total. The normalized spacial score (nSPS) is 17.9. The monoisotopic (exact) mass is 332 g/mol. The molecule has 1 aromatic heterocycles. The van der Waals surface area contributed by atoms with Crippen LogP contribution in [0, 0.1) is 0 Å². The third kappa shape index (κ3) is 3.42. The van der Waals surface area contributed by atoms with Crippen LogP contribution in [-0.2, 0) is 11.2 Å². The van der Waals surface area contributed by atoms with Gasteiger partial charge in [0, 0.05) is 23.6 Å². The van der Waals surface area contributed by atoms with E-state index in [1.54, 1.807) is 0 Å². The molecule has 0 unspecified atom stereocenters. The van der Waals surface area contributed by atoms with Crippen LogP contribution in [0.25, 0.3) is 0 Å². The Hall–Kier alpha value is -1.81. The predicted molar refractivity (Wildman–Crippen MR) is 89.4 cm³/mol. The van der Waals surface area contributed by atoms with Crippen LogP contribution in [0.2, 0.25) is 5.02 Å². The van der Waals surface area contributed by atoms with Gasteiger partial charge in [-0.3, -0.25) is 4.79 Å². The number of rotatable bonds is 4. The summed E-state index contributed by atoms with van der Waals surface area (Å²) in [5, 5.41) is 4.82. The highest BCUT2D eigenvalue weighted by molar-refractivity contribution is 6.31. The molecule has 1 amide bonds. The third-order valence-electron chi connectivity index (χ3n) is 4.33. The van der Waals surface area contributed by atoms with Crippen LogP contribution in [0.3, 0.4) is 0 Å². The molecule has 23 heavy (non-hydrogen) atoms. The van der Waals surface area contributed by atoms with Crippen LogP contribution in [0.15, 0.2) is 34.9 Å². The Balaban J connectivity index is 1.75. The van der Waals surface area contributed by atoms with E-state index in [9.17, 15) is 4.79 Å². The molecular weight excluding hydrogens is 312 g/mol. The lowest BCUT2D eigenvalue weighted by Crippen LogP contribution is -2.32. The molecule has 4 nitrogen and oxygen atoms in total. The van der Waals surface area contributed by atoms with E-state index in [1.807, 2.05) is 35.2 Å². The fourth-order valence-electron chi connectivity index (χ4n) is 3.01. The Kier molecular flexibility index (Phi) is 4.71. The minimum Gasteiger partial charge on any atom is -0.361 e. The number of amides is 1. The van der Waals surface area contributed by atoms with Gasteiger partial charge in [-0.05, 0) is 24.5 Å². The molecule has 1 fully saturated rings. The van der Waals surface area contributed by atoms with E-state index in [0.29, 0.717) is 17.4 Å². The lowest BCUT2D eigenvalue weighted by atomic mass is 10.1. The molecule has 1 saturated heterocycles. The fourth-order valence-corrected chi connectivity index (χ4v) is 3.21. The number of hydrogen-bond donors (Lipinski definition) is 0. The molecule has 0 bridgehead atoms. The molecule has 122 valence electrons. The molecule has 0 spiro atoms. The molecular formula is C18H21ClN2O2. The number of carbonyl (C=O) groups is 1. The second-order valence-electron chi connectivity index (χ2n) is 6.32. The van der Waals surface area contributed by atoms with Crippen molar-refractivity contribution in [2.24, 2.45) is 0 Å². The molecule has 1 aromatic carbocycles. The summed E-state index contributed by atoms with van der Waals surface area (Å²) < 4.78 is 5.39. The van der Waals surface area contributed by atoms with Crippen LogP contribution < -0.4 is 0 Å². The first-order valence-corrected chi connectivity index (χ1v) is 8.43. The number of nitrogens with zero attached hydrogens (tertiary/aromatic N) is 2. The number of hydrogen-bond acceptors (Lipinski definition) is 3. The van der Waals surface area contributed by atoms with E-state index in [-0.39, 0.29) is 11.9 Å². The highest BCUT2D eigenvalue weighted by Crippen LogP contribution is 2.33. The van der Waals surface area contributed by atoms with Gasteiger partial charge in [-0.25, -0.2) is 0 Å². The van der Waals surface area contributed by atoms with Crippen molar-refractivity contribution in [3.63, 3.8) is 0 Å². The van der Waals surface area contributed by atoms with E-state index < -0.39 is 0 Å². The van der Waals surface area contributed by atoms with Gasteiger partial charge in [-0.2, -0.15) is 0 Å². The minimum atomic E-state index is 0.0150. The van der Waals surface area contributed by atoms with Gasteiger partial charge < -0.3 is 9.42 Å². The van der Waals surface area contributed by atoms with Crippen molar-refractivity contribution in [1.82, 2.24) is 10.1 Å². The molecule has 0 aliphatic carbocycles. The first-order valence-electron chi connectivity index (χ1n) is 8.05. The number of likely N-dealkylation sites (tertiary alicyclic amines) is 1. The van der Waals surface area contributed by atoms with E-state index in [2.05, 4.69) is 19.0 Å². The van der Waals surface area contributed by atoms with Gasteiger partial charge >= 0.3 is 0 Å². The SMILES string of the molecule is CC(C)c1cc([C@H]2CCCN2C(=O)Cc2ccccc2Cl)no1. The second kappa shape index (κ2) is 6.75. The molecule has 0 radical (unpaired) electrons. The van der Waals surface area contributed by atoms with E-state index in [0.717, 1.165) is 36.4 Å². The van der Waals surface area contributed by atoms with Crippen LogP contribution >= 0.6 is 11.6 Å². The zero-order chi connectivity index (χ0) is 16.4. The Bertz CT molecular complexity index is 696. The lowest BCUT2D eigenvalue weighted by Gasteiger charge is -2.23. The predicted octanol–water partition coefficient (Wildman–Crippen LogP) is 4.36. The van der Waals surface area contributed by atoms with Gasteiger partial charge in [-0.15, -0.1) is 0 Å². The van der Waals surface area contributed by atoms with Crippen molar-refractivity contribution in [3.8, 4) is 0 Å². The number of aromatic nitrogens is 1. The van der Waals surface area contributed by atoms with Gasteiger partial charge in [0.2, 0.25) is 5.91 Å². The van der Waals surface area contributed by atoms with Gasteiger partial charge in [0.25, 0.3) is 0 Å². The second-order valence-corrected chi connectivity index (χ2v) is 6.73. The zero-order valence-corrected chi connectivity index (χ0v) is 14.2. The number of benzene rings is 1. The minimum absolute atomic E-state index is 0.0150. The zero-order valence-electron chi connectivity index (χ0n) is 13.5. The standard InChI is InChI=1S/C18H21ClN2O2/c1-12(2)17-11-15(20-23-17)16-8-5-9-21(16)18(22)10-13-6-3-4-7-14(13)19/h3-4,6-7,11-12,16H,5,8-10H2,1-2H3/t16-/m1/s1. The summed E-state index contributed by atoms with van der Waals surface area (Å²) in [7, 11) is 0. The molecule has 1 aliphatic rings. The smallest absolute Gasteiger partial charge is 0.227 e. The van der Waals surface area contributed by atoms with Crippen LogP contribution in [0.4, 0.5) is 0 Å². The topological polar surface area (TPSA) is 46.3 Å². The summed E-state index contributed by atoms with van der Waals surface area (Å²) in [6.07, 6.45) is 2.24. The summed E-state index contributed by atoms with van der Waals surface area (Å²) in [6.45, 7) is 4.90. The van der Waals surface area contributed by atoms with E-state index in [4.69, 9.17) is 16.1 Å². The number of carbonyl (C=O) groups excluding carboxylic acids is 1. The summed E-state index contributed by atoms with van der Waals surface area (Å²) in [4.78, 5) is 14.6. The Labute approximate surface area is 141 Å². The fraction of sp³-hybridized carbons (Fsp3) is 0.444. The molecule has 1 atom stereocenters. The summed E-state index contributed by atoms with van der Waals surface area (Å²) in [5.41, 5.74) is 1.73. The van der Waals surface area contributed by atoms with Crippen molar-refractivity contribution in [2.45, 2.75) is 45.1 Å². The van der Waals surface area contributed by atoms with Crippen molar-refractivity contribution >= 4 is 17.5 Å². The highest BCUT2D eigenvalue weighted by atomic mass is 35.5. The molecule has 2 aromatic rings. The maximum atomic E-state index is 12.7. The lowest BCUT2D eigenvalue weighted by molar-refractivity contribution is -0.131. The number of halogens is 1. The van der Waals surface area contributed by atoms with Crippen molar-refractivity contribution in [2.75, 3.05) is 6.54 Å². The maximum Gasteiger partial charge on any atom is 0.227 e. The van der Waals surface area contributed by atoms with Crippen LogP contribution in [-0.4, -0.2) is 22.5 Å². The van der Waals surface area contributed by atoms with Gasteiger partial charge in [0.05, 0.1) is 12.5 Å². The van der Waals surface area contributed by atoms with Gasteiger partial charge in [-0.1, -0.05) is 48.8 Å². The van der Waals surface area contributed by atoms with Gasteiger partial charge in [0.15, 0.2) is 0 Å². The van der Waals surface area contributed by atoms with Crippen LogP contribution in [0.1, 0.15) is 55.7 Å². The van der Waals surface area contributed by atoms with Crippen molar-refractivity contribution < 1.29 is 9.32 Å². The van der Waals surface area contributed by atoms with Crippen molar-refractivity contribution in [3.05, 3.63) is 52.4 Å². The van der Waals surface area contributed by atoms with E-state index in [1.165, 1.54) is 0 Å². The quantitative estimate of drug-likeness (QED) is 0.835. The maximum absolute atomic E-state index is 12.7. The van der Waals surface area contributed by atoms with Crippen LogP contribution in [0.5, 0.6) is 0 Å². The molecule has 5 heteroatoms. The molecule has 0 saturated carbocycles. The first-order chi connectivity index (χ1) is 11.1. The Morgan fingerprint density at radius 3 is 2.91 bits per heavy atom. The average molecular weight is 333 g/mol. The largest absolute Gasteiger partial charge is 0.361 e. The third-order valence-corrected chi connectivity index (χ3v) is 4.70. The first kappa shape index (κ1) is 16.1. The average Bonchev–Trinajstić information content (AvgIpc) is 3.17. The Morgan fingerprint density at radius 1 is 1.43 bits per heavy atom. The van der Waals surface area contributed by atoms with E-state index >= 15 is 0 Å². The Morgan fingerprint density at radius 2 is 2.22 bits per heavy atom. The molecule has 3 rings (SSSR count).